The van der Waals surface area contributed by atoms with Crippen molar-refractivity contribution in [2.75, 3.05) is 17.2 Å². The van der Waals surface area contributed by atoms with E-state index in [1.165, 1.54) is 0 Å². The van der Waals surface area contributed by atoms with Gasteiger partial charge in [0.2, 0.25) is 5.91 Å². The van der Waals surface area contributed by atoms with E-state index in [1.54, 1.807) is 4.90 Å². The lowest BCUT2D eigenvalue weighted by atomic mass is 10.1. The molecule has 3 N–H and O–H groups in total. The average molecular weight is 242 g/mol. The summed E-state index contributed by atoms with van der Waals surface area (Å²) < 4.78 is 0. The molecular weight excluding hydrogens is 228 g/mol. The highest BCUT2D eigenvalue weighted by Crippen LogP contribution is 2.33. The minimum Gasteiger partial charge on any atom is -0.398 e. The van der Waals surface area contributed by atoms with Gasteiger partial charge in [-0.05, 0) is 17.5 Å². The average Bonchev–Trinajstić information content (AvgIpc) is 2.68. The number of nitrogens with zero attached hydrogens (tertiary/aromatic N) is 1. The molecule has 4 heteroatoms. The van der Waals surface area contributed by atoms with E-state index in [9.17, 15) is 9.90 Å². The van der Waals surface area contributed by atoms with Crippen LogP contribution in [0.25, 0.3) is 10.8 Å². The molecule has 1 fully saturated rings. The second kappa shape index (κ2) is 3.99. The maximum absolute atomic E-state index is 11.9. The molecule has 92 valence electrons. The zero-order valence-corrected chi connectivity index (χ0v) is 9.84. The molecule has 1 unspecified atom stereocenters. The lowest BCUT2D eigenvalue weighted by Crippen LogP contribution is -2.25. The number of hydrogen-bond donors (Lipinski definition) is 2. The number of β-amino-alcohol motifs (C(OH)–C–C–N with tert-alkyl or cyclic N) is 1. The van der Waals surface area contributed by atoms with Crippen molar-refractivity contribution in [3.05, 3.63) is 36.4 Å². The van der Waals surface area contributed by atoms with Crippen molar-refractivity contribution in [2.24, 2.45) is 0 Å². The number of aliphatic hydroxyl groups excluding tert-OH is 1. The molecular formula is C14H14N2O2. The minimum atomic E-state index is -0.585. The van der Waals surface area contributed by atoms with Gasteiger partial charge in [-0.1, -0.05) is 24.3 Å². The first-order valence-corrected chi connectivity index (χ1v) is 5.92. The number of rotatable bonds is 1. The predicted octanol–water partition coefficient (Wildman–Crippen LogP) is 1.52. The van der Waals surface area contributed by atoms with E-state index in [4.69, 9.17) is 5.73 Å². The van der Waals surface area contributed by atoms with Gasteiger partial charge in [-0.2, -0.15) is 0 Å². The monoisotopic (exact) mass is 242 g/mol. The third kappa shape index (κ3) is 1.62. The van der Waals surface area contributed by atoms with Gasteiger partial charge in [0.1, 0.15) is 0 Å². The van der Waals surface area contributed by atoms with E-state index in [1.807, 2.05) is 36.4 Å². The molecule has 0 radical (unpaired) electrons. The van der Waals surface area contributed by atoms with Gasteiger partial charge >= 0.3 is 0 Å². The van der Waals surface area contributed by atoms with Crippen LogP contribution in [0.15, 0.2) is 36.4 Å². The number of carbonyl (C=O) groups excluding carboxylic acids is 1. The molecule has 0 saturated carbocycles. The summed E-state index contributed by atoms with van der Waals surface area (Å²) in [6, 6.07) is 11.4. The van der Waals surface area contributed by atoms with Gasteiger partial charge in [0, 0.05) is 11.1 Å². The zero-order chi connectivity index (χ0) is 12.7. The summed E-state index contributed by atoms with van der Waals surface area (Å²) in [5, 5.41) is 11.5. The number of carbonyl (C=O) groups is 1. The van der Waals surface area contributed by atoms with Crippen LogP contribution in [0.5, 0.6) is 0 Å². The molecule has 0 spiro atoms. The van der Waals surface area contributed by atoms with Crippen molar-refractivity contribution in [2.45, 2.75) is 12.5 Å². The van der Waals surface area contributed by atoms with E-state index in [2.05, 4.69) is 0 Å². The minimum absolute atomic E-state index is 0.0572. The number of amides is 1. The van der Waals surface area contributed by atoms with Crippen molar-refractivity contribution in [3.63, 3.8) is 0 Å². The Morgan fingerprint density at radius 3 is 2.61 bits per heavy atom. The SMILES string of the molecule is Nc1cccc2cccc(N3CC(O)CC3=O)c12. The highest BCUT2D eigenvalue weighted by Gasteiger charge is 2.30. The number of benzene rings is 2. The predicted molar refractivity (Wildman–Crippen MR) is 71.3 cm³/mol. The van der Waals surface area contributed by atoms with Crippen LogP contribution in [0.3, 0.4) is 0 Å². The molecule has 3 rings (SSSR count). The van der Waals surface area contributed by atoms with Crippen LogP contribution in [0, 0.1) is 0 Å². The van der Waals surface area contributed by atoms with E-state index < -0.39 is 6.10 Å². The largest absolute Gasteiger partial charge is 0.398 e. The van der Waals surface area contributed by atoms with Crippen molar-refractivity contribution < 1.29 is 9.90 Å². The summed E-state index contributed by atoms with van der Waals surface area (Å²) in [5.41, 5.74) is 7.44. The Morgan fingerprint density at radius 2 is 1.94 bits per heavy atom. The highest BCUT2D eigenvalue weighted by molar-refractivity contribution is 6.09. The van der Waals surface area contributed by atoms with Gasteiger partial charge in [-0.3, -0.25) is 4.79 Å². The number of nitrogen functional groups attached to an aromatic ring is 1. The molecule has 1 heterocycles. The quantitative estimate of drug-likeness (QED) is 0.745. The summed E-state index contributed by atoms with van der Waals surface area (Å²) in [6.45, 7) is 0.340. The fraction of sp³-hybridized carbons (Fsp3) is 0.214. The molecule has 1 aliphatic rings. The Balaban J connectivity index is 2.20. The molecule has 2 aromatic carbocycles. The topological polar surface area (TPSA) is 66.6 Å². The molecule has 1 aliphatic heterocycles. The van der Waals surface area contributed by atoms with Gasteiger partial charge in [-0.15, -0.1) is 0 Å². The van der Waals surface area contributed by atoms with Gasteiger partial charge in [0.05, 0.1) is 24.8 Å². The van der Waals surface area contributed by atoms with Crippen molar-refractivity contribution in [1.29, 1.82) is 0 Å². The summed E-state index contributed by atoms with van der Waals surface area (Å²) in [7, 11) is 0. The summed E-state index contributed by atoms with van der Waals surface area (Å²) in [4.78, 5) is 13.5. The second-order valence-corrected chi connectivity index (χ2v) is 4.58. The molecule has 0 bridgehead atoms. The lowest BCUT2D eigenvalue weighted by molar-refractivity contribution is -0.117. The fourth-order valence-corrected chi connectivity index (χ4v) is 2.50. The smallest absolute Gasteiger partial charge is 0.229 e. The Morgan fingerprint density at radius 1 is 1.22 bits per heavy atom. The van der Waals surface area contributed by atoms with E-state index in [0.29, 0.717) is 12.2 Å². The molecule has 1 atom stereocenters. The van der Waals surface area contributed by atoms with Crippen LogP contribution in [-0.4, -0.2) is 23.7 Å². The summed E-state index contributed by atoms with van der Waals surface area (Å²) in [5.74, 6) is -0.0572. The molecule has 18 heavy (non-hydrogen) atoms. The Labute approximate surface area is 105 Å². The van der Waals surface area contributed by atoms with E-state index in [-0.39, 0.29) is 12.3 Å². The van der Waals surface area contributed by atoms with Gasteiger partial charge < -0.3 is 15.7 Å². The van der Waals surface area contributed by atoms with Crippen LogP contribution in [0.4, 0.5) is 11.4 Å². The van der Waals surface area contributed by atoms with Crippen LogP contribution in [0.1, 0.15) is 6.42 Å². The number of hydrogen-bond acceptors (Lipinski definition) is 3. The first kappa shape index (κ1) is 11.0. The summed E-state index contributed by atoms with van der Waals surface area (Å²) >= 11 is 0. The van der Waals surface area contributed by atoms with Gasteiger partial charge in [-0.25, -0.2) is 0 Å². The molecule has 4 nitrogen and oxygen atoms in total. The molecule has 0 aliphatic carbocycles. The highest BCUT2D eigenvalue weighted by atomic mass is 16.3. The normalized spacial score (nSPS) is 19.7. The zero-order valence-electron chi connectivity index (χ0n) is 9.84. The maximum atomic E-state index is 11.9. The molecule has 1 saturated heterocycles. The molecule has 0 aromatic heterocycles. The number of nitrogens with two attached hydrogens (primary N) is 1. The fourth-order valence-electron chi connectivity index (χ4n) is 2.50. The van der Waals surface area contributed by atoms with E-state index >= 15 is 0 Å². The lowest BCUT2D eigenvalue weighted by Gasteiger charge is -2.19. The first-order valence-electron chi connectivity index (χ1n) is 5.92. The van der Waals surface area contributed by atoms with Crippen LogP contribution >= 0.6 is 0 Å². The Bertz CT molecular complexity index is 619. The maximum Gasteiger partial charge on any atom is 0.229 e. The standard InChI is InChI=1S/C14H14N2O2/c15-11-5-1-3-9-4-2-6-12(14(9)11)16-8-10(17)7-13(16)18/h1-6,10,17H,7-8,15H2. The van der Waals surface area contributed by atoms with Crippen LogP contribution < -0.4 is 10.6 Å². The van der Waals surface area contributed by atoms with Crippen molar-refractivity contribution >= 4 is 28.1 Å². The second-order valence-electron chi connectivity index (χ2n) is 4.58. The number of fused-ring (bicyclic) bond motifs is 1. The van der Waals surface area contributed by atoms with Crippen LogP contribution in [0.2, 0.25) is 0 Å². The summed E-state index contributed by atoms with van der Waals surface area (Å²) in [6.07, 6.45) is -0.402. The van der Waals surface area contributed by atoms with Crippen LogP contribution in [-0.2, 0) is 4.79 Å². The Hall–Kier alpha value is -2.07. The van der Waals surface area contributed by atoms with Gasteiger partial charge in [0.25, 0.3) is 0 Å². The van der Waals surface area contributed by atoms with E-state index in [0.717, 1.165) is 16.5 Å². The number of aliphatic hydroxyl groups is 1. The Kier molecular flexibility index (Phi) is 2.45. The van der Waals surface area contributed by atoms with Crippen molar-refractivity contribution in [1.82, 2.24) is 0 Å². The van der Waals surface area contributed by atoms with Crippen molar-refractivity contribution in [3.8, 4) is 0 Å². The molecule has 2 aromatic rings. The number of anilines is 2. The third-order valence-corrected chi connectivity index (χ3v) is 3.31. The first-order chi connectivity index (χ1) is 8.66. The molecule has 1 amide bonds. The third-order valence-electron chi connectivity index (χ3n) is 3.31. The van der Waals surface area contributed by atoms with Gasteiger partial charge in [0.15, 0.2) is 0 Å².